The molecule has 0 aliphatic carbocycles. The molecule has 0 atom stereocenters. The van der Waals surface area contributed by atoms with Crippen LogP contribution in [0.25, 0.3) is 0 Å². The number of benzene rings is 3. The first-order chi connectivity index (χ1) is 13.6. The topological polar surface area (TPSA) is 18.5 Å². The maximum Gasteiger partial charge on any atom is 0.260 e. The highest BCUT2D eigenvalue weighted by Crippen LogP contribution is 2.34. The quantitative estimate of drug-likeness (QED) is 0.409. The summed E-state index contributed by atoms with van der Waals surface area (Å²) in [5, 5.41) is 0. The molecule has 2 heterocycles. The highest BCUT2D eigenvalue weighted by Gasteiger charge is 2.39. The second-order valence-corrected chi connectivity index (χ2v) is 5.81. The molecule has 0 bridgehead atoms. The van der Waals surface area contributed by atoms with Crippen LogP contribution in [0.15, 0.2) is 54.6 Å². The van der Waals surface area contributed by atoms with Crippen molar-refractivity contribution in [1.82, 2.24) is 0 Å². The van der Waals surface area contributed by atoms with Gasteiger partial charge in [0.05, 0.1) is 0 Å². The molecule has 0 radical (unpaired) electrons. The fourth-order valence-corrected chi connectivity index (χ4v) is 3.44. The summed E-state index contributed by atoms with van der Waals surface area (Å²) in [5.41, 5.74) is 2.57. The van der Waals surface area contributed by atoms with Crippen LogP contribution < -0.4 is 25.9 Å². The van der Waals surface area contributed by atoms with E-state index >= 15 is 0 Å². The maximum absolute atomic E-state index is 7.77. The van der Waals surface area contributed by atoms with Gasteiger partial charge in [0.2, 0.25) is 0 Å². The molecule has 0 spiro atoms. The van der Waals surface area contributed by atoms with Crippen LogP contribution in [0.3, 0.4) is 0 Å². The molecule has 0 fully saturated rings. The molecular weight excluding hydrogens is 283 g/mol. The summed E-state index contributed by atoms with van der Waals surface area (Å²) in [6.07, 6.45) is 0. The van der Waals surface area contributed by atoms with Crippen LogP contribution in [-0.2, 0) is 0 Å². The predicted octanol–water partition coefficient (Wildman–Crippen LogP) is 3.03. The van der Waals surface area contributed by atoms with Gasteiger partial charge in [0.15, 0.2) is 0 Å². The smallest absolute Gasteiger partial charge is 0.260 e. The summed E-state index contributed by atoms with van der Waals surface area (Å²) in [5.74, 6) is 2.35. The summed E-state index contributed by atoms with van der Waals surface area (Å²) >= 11 is 0. The highest BCUT2D eigenvalue weighted by atomic mass is 16.5. The van der Waals surface area contributed by atoms with Crippen molar-refractivity contribution in [3.63, 3.8) is 0 Å². The van der Waals surface area contributed by atoms with Gasteiger partial charge in [-0.2, -0.15) is 0 Å². The zero-order valence-electron chi connectivity index (χ0n) is 18.1. The monoisotopic (exact) mass is 304 g/mol. The Kier molecular flexibility index (Phi) is 1.59. The minimum atomic E-state index is -2.26. The van der Waals surface area contributed by atoms with Gasteiger partial charge in [-0.15, -0.1) is 0 Å². The van der Waals surface area contributed by atoms with Gasteiger partial charge in [-0.05, 0) is 48.9 Å². The van der Waals surface area contributed by atoms with Crippen molar-refractivity contribution in [3.05, 3.63) is 65.7 Å². The van der Waals surface area contributed by atoms with Gasteiger partial charge in [0.1, 0.15) is 23.0 Å². The zero-order chi connectivity index (χ0) is 20.6. The Balaban J connectivity index is 1.79. The maximum atomic E-state index is 7.77. The first kappa shape index (κ1) is 8.25. The fraction of sp³-hybridized carbons (Fsp3) is 0.100. The van der Waals surface area contributed by atoms with E-state index in [4.69, 9.17) is 17.7 Å². The lowest BCUT2D eigenvalue weighted by Crippen LogP contribution is -2.57. The number of aryl methyl sites for hydroxylation is 2. The van der Waals surface area contributed by atoms with E-state index in [9.17, 15) is 0 Å². The zero-order valence-corrected chi connectivity index (χ0v) is 12.1. The lowest BCUT2D eigenvalue weighted by Gasteiger charge is -2.33. The van der Waals surface area contributed by atoms with Crippen molar-refractivity contribution < 1.29 is 17.7 Å². The molecule has 0 unspecified atom stereocenters. The first-order valence-electron chi connectivity index (χ1n) is 10.4. The van der Waals surface area contributed by atoms with Gasteiger partial charge >= 0.3 is 0 Å². The molecular formula is C20H15BO2. The number of fused-ring (bicyclic) bond motifs is 4. The molecule has 3 aromatic rings. The molecule has 3 heteroatoms. The molecule has 0 aromatic heterocycles. The minimum absolute atomic E-state index is 0.209. The second kappa shape index (κ2) is 4.42. The Morgan fingerprint density at radius 3 is 1.83 bits per heavy atom. The van der Waals surface area contributed by atoms with E-state index < -0.39 is 13.7 Å². The van der Waals surface area contributed by atoms with Crippen LogP contribution in [0.4, 0.5) is 0 Å². The number of ether oxygens (including phenoxy) is 2. The van der Waals surface area contributed by atoms with Crippen molar-refractivity contribution in [2.45, 2.75) is 13.7 Å². The fourth-order valence-electron chi connectivity index (χ4n) is 3.44. The normalized spacial score (nSPS) is 18.3. The van der Waals surface area contributed by atoms with E-state index in [1.807, 2.05) is 18.2 Å². The molecule has 0 saturated heterocycles. The first-order valence-corrected chi connectivity index (χ1v) is 7.40. The third-order valence-corrected chi connectivity index (χ3v) is 4.40. The van der Waals surface area contributed by atoms with Crippen molar-refractivity contribution in [3.8, 4) is 23.0 Å². The number of rotatable bonds is 0. The van der Waals surface area contributed by atoms with Gasteiger partial charge in [-0.3, -0.25) is 0 Å². The van der Waals surface area contributed by atoms with Crippen LogP contribution in [-0.4, -0.2) is 6.71 Å². The standard InChI is InChI=1S/C20H15BO2/c1-12-6-8-16-14(10-12)21-15-11-13(2)7-9-17(15)23-19-5-3-4-18(22-16)20(19)21/h3-11H,1-2H3/i1D3,2D3. The Hall–Kier alpha value is -2.68. The van der Waals surface area contributed by atoms with E-state index in [1.165, 1.54) is 0 Å². The summed E-state index contributed by atoms with van der Waals surface area (Å²) < 4.78 is 58.7. The van der Waals surface area contributed by atoms with Gasteiger partial charge in [0, 0.05) is 13.7 Å². The van der Waals surface area contributed by atoms with Crippen LogP contribution in [0.1, 0.15) is 19.4 Å². The van der Waals surface area contributed by atoms with Crippen LogP contribution >= 0.6 is 0 Å². The van der Waals surface area contributed by atoms with Gasteiger partial charge in [0.25, 0.3) is 6.71 Å². The molecule has 0 N–H and O–H groups in total. The lowest BCUT2D eigenvalue weighted by atomic mass is 9.34. The summed E-state index contributed by atoms with van der Waals surface area (Å²) in [7, 11) is 0. The minimum Gasteiger partial charge on any atom is -0.458 e. The van der Waals surface area contributed by atoms with Gasteiger partial charge < -0.3 is 9.47 Å². The summed E-state index contributed by atoms with van der Waals surface area (Å²) in [6.45, 7) is -4.90. The summed E-state index contributed by atoms with van der Waals surface area (Å²) in [6, 6.07) is 15.1. The third-order valence-electron chi connectivity index (χ3n) is 4.40. The highest BCUT2D eigenvalue weighted by molar-refractivity contribution is 6.98. The van der Waals surface area contributed by atoms with E-state index in [0.29, 0.717) is 33.9 Å². The van der Waals surface area contributed by atoms with Crippen molar-refractivity contribution in [2.75, 3.05) is 0 Å². The molecule has 0 saturated carbocycles. The largest absolute Gasteiger partial charge is 0.458 e. The van der Waals surface area contributed by atoms with Gasteiger partial charge in [-0.25, -0.2) is 0 Å². The number of hydrogen-bond donors (Lipinski definition) is 0. The average molecular weight is 304 g/mol. The molecule has 0 amide bonds. The van der Waals surface area contributed by atoms with E-state index in [-0.39, 0.29) is 17.8 Å². The molecule has 2 aliphatic rings. The molecule has 23 heavy (non-hydrogen) atoms. The Labute approximate surface area is 144 Å². The molecule has 2 nitrogen and oxygen atoms in total. The average Bonchev–Trinajstić information content (AvgIpc) is 2.65. The van der Waals surface area contributed by atoms with Gasteiger partial charge in [-0.1, -0.05) is 41.5 Å². The van der Waals surface area contributed by atoms with Crippen molar-refractivity contribution in [2.24, 2.45) is 0 Å². The summed E-state index contributed by atoms with van der Waals surface area (Å²) in [4.78, 5) is 0. The third kappa shape index (κ3) is 1.77. The van der Waals surface area contributed by atoms with Crippen LogP contribution in [0.2, 0.25) is 0 Å². The van der Waals surface area contributed by atoms with E-state index in [0.717, 1.165) is 5.46 Å². The molecule has 2 aliphatic heterocycles. The Morgan fingerprint density at radius 1 is 0.739 bits per heavy atom. The SMILES string of the molecule is [2H]C([2H])([2H])c1ccc2c(c1)B1c3cc(C([2H])([2H])[2H])ccc3Oc3cccc(c31)O2. The van der Waals surface area contributed by atoms with Crippen LogP contribution in [0, 0.1) is 13.7 Å². The van der Waals surface area contributed by atoms with Crippen molar-refractivity contribution in [1.29, 1.82) is 0 Å². The number of hydrogen-bond acceptors (Lipinski definition) is 2. The lowest BCUT2D eigenvalue weighted by molar-refractivity contribution is 0.464. The molecule has 110 valence electrons. The van der Waals surface area contributed by atoms with Crippen molar-refractivity contribution >= 4 is 23.1 Å². The Bertz CT molecular complexity index is 1070. The predicted molar refractivity (Wildman–Crippen MR) is 93.6 cm³/mol. The van der Waals surface area contributed by atoms with Crippen LogP contribution in [0.5, 0.6) is 23.0 Å². The van der Waals surface area contributed by atoms with E-state index in [1.54, 1.807) is 36.4 Å². The molecule has 5 rings (SSSR count). The Morgan fingerprint density at radius 2 is 1.30 bits per heavy atom. The molecule has 3 aromatic carbocycles. The van der Waals surface area contributed by atoms with E-state index in [2.05, 4.69) is 0 Å². The second-order valence-electron chi connectivity index (χ2n) is 5.81.